The summed E-state index contributed by atoms with van der Waals surface area (Å²) in [5.41, 5.74) is 2.65. The number of aryl methyl sites for hydroxylation is 1. The van der Waals surface area contributed by atoms with Crippen molar-refractivity contribution < 1.29 is 0 Å². The molecule has 0 aromatic heterocycles. The fraction of sp³-hybridized carbons (Fsp3) is 0.231. The normalized spacial score (nSPS) is 12.7. The fourth-order valence-electron chi connectivity index (χ4n) is 1.43. The van der Waals surface area contributed by atoms with Gasteiger partial charge in [0.25, 0.3) is 0 Å². The van der Waals surface area contributed by atoms with E-state index in [9.17, 15) is 0 Å². The molecular weight excluding hydrogens is 170 g/mol. The van der Waals surface area contributed by atoms with E-state index in [0.29, 0.717) is 6.04 Å². The van der Waals surface area contributed by atoms with Crippen molar-refractivity contribution in [3.05, 3.63) is 60.3 Å². The number of hydrogen-bond donors (Lipinski definition) is 1. The summed E-state index contributed by atoms with van der Waals surface area (Å²) in [6.45, 7) is 7.90. The second kappa shape index (κ2) is 5.28. The van der Waals surface area contributed by atoms with Gasteiger partial charge in [-0.1, -0.05) is 36.9 Å². The average molecular weight is 187 g/mol. The maximum atomic E-state index is 3.62. The van der Waals surface area contributed by atoms with Crippen LogP contribution in [0.5, 0.6) is 0 Å². The Hall–Kier alpha value is -1.50. The van der Waals surface area contributed by atoms with Crippen molar-refractivity contribution in [3.8, 4) is 0 Å². The molecule has 74 valence electrons. The van der Waals surface area contributed by atoms with E-state index in [-0.39, 0.29) is 0 Å². The quantitative estimate of drug-likeness (QED) is 0.713. The Kier molecular flexibility index (Phi) is 3.99. The van der Waals surface area contributed by atoms with E-state index in [1.807, 2.05) is 12.3 Å². The van der Waals surface area contributed by atoms with Gasteiger partial charge in [-0.15, -0.1) is 0 Å². The lowest BCUT2D eigenvalue weighted by Crippen LogP contribution is -2.12. The van der Waals surface area contributed by atoms with Gasteiger partial charge in [0.15, 0.2) is 0 Å². The highest BCUT2D eigenvalue weighted by molar-refractivity contribution is 5.28. The number of allylic oxidation sites excluding steroid dienone is 2. The molecule has 0 saturated heterocycles. The van der Waals surface area contributed by atoms with Crippen molar-refractivity contribution >= 4 is 0 Å². The molecule has 0 fully saturated rings. The monoisotopic (exact) mass is 187 g/mol. The molecule has 0 aliphatic rings. The summed E-state index contributed by atoms with van der Waals surface area (Å²) >= 11 is 0. The van der Waals surface area contributed by atoms with Gasteiger partial charge in [-0.25, -0.2) is 0 Å². The third kappa shape index (κ3) is 2.77. The smallest absolute Gasteiger partial charge is 0.0482 e. The number of rotatable bonds is 4. The van der Waals surface area contributed by atoms with E-state index in [0.717, 1.165) is 0 Å². The Morgan fingerprint density at radius 1 is 1.36 bits per heavy atom. The Bertz CT molecular complexity index is 326. The van der Waals surface area contributed by atoms with Crippen LogP contribution in [-0.4, -0.2) is 0 Å². The predicted molar refractivity (Wildman–Crippen MR) is 62.1 cm³/mol. The van der Waals surface area contributed by atoms with Crippen LogP contribution in [0.25, 0.3) is 0 Å². The Morgan fingerprint density at radius 2 is 2.07 bits per heavy atom. The molecule has 1 unspecified atom stereocenters. The minimum absolute atomic E-state index is 0.340. The molecule has 1 nitrogen and oxygen atoms in total. The number of benzene rings is 1. The first-order valence-corrected chi connectivity index (χ1v) is 4.85. The lowest BCUT2D eigenvalue weighted by atomic mass is 10.0. The van der Waals surface area contributed by atoms with E-state index in [4.69, 9.17) is 0 Å². The van der Waals surface area contributed by atoms with Gasteiger partial charge in [0.05, 0.1) is 0 Å². The van der Waals surface area contributed by atoms with E-state index >= 15 is 0 Å². The van der Waals surface area contributed by atoms with Crippen molar-refractivity contribution in [2.24, 2.45) is 0 Å². The van der Waals surface area contributed by atoms with Crippen LogP contribution in [0.2, 0.25) is 0 Å². The van der Waals surface area contributed by atoms with Crippen molar-refractivity contribution in [2.45, 2.75) is 19.9 Å². The van der Waals surface area contributed by atoms with Gasteiger partial charge in [0.2, 0.25) is 0 Å². The van der Waals surface area contributed by atoms with Crippen molar-refractivity contribution in [1.82, 2.24) is 5.32 Å². The first kappa shape index (κ1) is 10.6. The van der Waals surface area contributed by atoms with Crippen LogP contribution in [0.4, 0.5) is 0 Å². The number of nitrogens with one attached hydrogen (secondary N) is 1. The summed E-state index contributed by atoms with van der Waals surface area (Å²) in [5, 5.41) is 3.29. The second-order valence-corrected chi connectivity index (χ2v) is 3.34. The average Bonchev–Trinajstić information content (AvgIpc) is 2.18. The van der Waals surface area contributed by atoms with Crippen LogP contribution in [0.15, 0.2) is 49.2 Å². The second-order valence-electron chi connectivity index (χ2n) is 3.34. The van der Waals surface area contributed by atoms with E-state index in [1.54, 1.807) is 6.08 Å². The highest BCUT2D eigenvalue weighted by atomic mass is 14.9. The molecule has 1 atom stereocenters. The third-order valence-corrected chi connectivity index (χ3v) is 2.23. The van der Waals surface area contributed by atoms with Crippen LogP contribution in [0, 0.1) is 6.92 Å². The molecule has 1 aromatic rings. The molecular formula is C13H17N. The minimum atomic E-state index is 0.340. The summed E-state index contributed by atoms with van der Waals surface area (Å²) in [4.78, 5) is 0. The van der Waals surface area contributed by atoms with Gasteiger partial charge < -0.3 is 5.32 Å². The van der Waals surface area contributed by atoms with Gasteiger partial charge in [0.1, 0.15) is 0 Å². The van der Waals surface area contributed by atoms with Crippen molar-refractivity contribution in [1.29, 1.82) is 0 Å². The number of hydrogen-bond acceptors (Lipinski definition) is 1. The summed E-state index contributed by atoms with van der Waals surface area (Å²) in [6.07, 6.45) is 5.58. The molecule has 1 heteroatoms. The van der Waals surface area contributed by atoms with Gasteiger partial charge >= 0.3 is 0 Å². The maximum absolute atomic E-state index is 3.62. The van der Waals surface area contributed by atoms with Crippen LogP contribution >= 0.6 is 0 Å². The molecule has 0 aliphatic heterocycles. The lowest BCUT2D eigenvalue weighted by molar-refractivity contribution is 0.682. The van der Waals surface area contributed by atoms with Crippen molar-refractivity contribution in [3.63, 3.8) is 0 Å². The Balaban J connectivity index is 2.69. The zero-order chi connectivity index (χ0) is 10.4. The van der Waals surface area contributed by atoms with E-state index in [1.165, 1.54) is 11.1 Å². The molecule has 0 heterocycles. The van der Waals surface area contributed by atoms with Gasteiger partial charge in [-0.05, 0) is 37.3 Å². The molecule has 1 rings (SSSR count). The third-order valence-electron chi connectivity index (χ3n) is 2.23. The summed E-state index contributed by atoms with van der Waals surface area (Å²) in [6, 6.07) is 8.75. The van der Waals surface area contributed by atoms with Gasteiger partial charge in [-0.3, -0.25) is 0 Å². The molecule has 0 radical (unpaired) electrons. The lowest BCUT2D eigenvalue weighted by Gasteiger charge is -2.14. The highest BCUT2D eigenvalue weighted by Gasteiger charge is 2.03. The molecule has 0 saturated carbocycles. The van der Waals surface area contributed by atoms with Crippen molar-refractivity contribution in [2.75, 3.05) is 0 Å². The summed E-state index contributed by atoms with van der Waals surface area (Å²) < 4.78 is 0. The largest absolute Gasteiger partial charge is 0.384 e. The SMILES string of the molecule is C=C/C=C/NC(C)c1ccccc1C. The molecule has 0 bridgehead atoms. The van der Waals surface area contributed by atoms with Gasteiger partial charge in [-0.2, -0.15) is 0 Å². The molecule has 0 spiro atoms. The Labute approximate surface area is 86.2 Å². The minimum Gasteiger partial charge on any atom is -0.384 e. The zero-order valence-electron chi connectivity index (χ0n) is 8.83. The molecule has 14 heavy (non-hydrogen) atoms. The van der Waals surface area contributed by atoms with Crippen LogP contribution in [0.3, 0.4) is 0 Å². The standard InChI is InChI=1S/C13H17N/c1-4-5-10-14-12(3)13-9-7-6-8-11(13)2/h4-10,12,14H,1H2,2-3H3/b10-5+. The topological polar surface area (TPSA) is 12.0 Å². The zero-order valence-corrected chi connectivity index (χ0v) is 8.83. The maximum Gasteiger partial charge on any atom is 0.0482 e. The van der Waals surface area contributed by atoms with E-state index < -0.39 is 0 Å². The molecule has 0 aliphatic carbocycles. The van der Waals surface area contributed by atoms with Gasteiger partial charge in [0, 0.05) is 6.04 Å². The fourth-order valence-corrected chi connectivity index (χ4v) is 1.43. The van der Waals surface area contributed by atoms with E-state index in [2.05, 4.69) is 50.0 Å². The summed E-state index contributed by atoms with van der Waals surface area (Å²) in [5.74, 6) is 0. The first-order chi connectivity index (χ1) is 6.75. The van der Waals surface area contributed by atoms with Crippen LogP contribution in [-0.2, 0) is 0 Å². The summed E-state index contributed by atoms with van der Waals surface area (Å²) in [7, 11) is 0. The van der Waals surface area contributed by atoms with Crippen LogP contribution in [0.1, 0.15) is 24.1 Å². The molecule has 1 N–H and O–H groups in total. The highest BCUT2D eigenvalue weighted by Crippen LogP contribution is 2.16. The molecule has 0 amide bonds. The molecule has 1 aromatic carbocycles. The first-order valence-electron chi connectivity index (χ1n) is 4.85. The van der Waals surface area contributed by atoms with Crippen LogP contribution < -0.4 is 5.32 Å². The predicted octanol–water partition coefficient (Wildman–Crippen LogP) is 3.35. The Morgan fingerprint density at radius 3 is 2.71 bits per heavy atom.